The maximum absolute atomic E-state index is 10.1. The third kappa shape index (κ3) is 17.9. The molecule has 0 saturated carbocycles. The van der Waals surface area contributed by atoms with Gasteiger partial charge in [-0.25, -0.2) is 0 Å². The lowest BCUT2D eigenvalue weighted by Crippen LogP contribution is -2.05. The Morgan fingerprint density at radius 1 is 1.18 bits per heavy atom. The summed E-state index contributed by atoms with van der Waals surface area (Å²) in [6.07, 6.45) is 6.11. The molecule has 0 amide bonds. The molecule has 0 N–H and O–H groups in total. The highest BCUT2D eigenvalue weighted by Gasteiger charge is 1.98. The lowest BCUT2D eigenvalue weighted by Gasteiger charge is -2.03. The van der Waals surface area contributed by atoms with Gasteiger partial charge in [-0.3, -0.25) is 0 Å². The third-order valence-electron chi connectivity index (χ3n) is 2.37. The molecule has 0 fully saturated rings. The van der Waals surface area contributed by atoms with Crippen LogP contribution in [0.3, 0.4) is 0 Å². The number of carbonyl (C=O) groups excluding carboxylic acids is 1. The fourth-order valence-corrected chi connectivity index (χ4v) is 1.03. The second-order valence-corrected chi connectivity index (χ2v) is 4.41. The lowest BCUT2D eigenvalue weighted by atomic mass is 10.0. The van der Waals surface area contributed by atoms with Gasteiger partial charge in [0.1, 0.15) is 6.29 Å². The summed E-state index contributed by atoms with van der Waals surface area (Å²) in [5.41, 5.74) is 1.36. The predicted octanol–water partition coefficient (Wildman–Crippen LogP) is 3.58. The Morgan fingerprint density at radius 2 is 1.71 bits per heavy atom. The molecule has 0 saturated heterocycles. The van der Waals surface area contributed by atoms with E-state index >= 15 is 0 Å². The molecule has 0 radical (unpaired) electrons. The fraction of sp³-hybridized carbons (Fsp3) is 0.786. The molecule has 0 heterocycles. The highest BCUT2D eigenvalue weighted by Crippen LogP contribution is 2.09. The molecule has 17 heavy (non-hydrogen) atoms. The van der Waals surface area contributed by atoms with Crippen molar-refractivity contribution in [2.45, 2.75) is 53.2 Å². The van der Waals surface area contributed by atoms with Crippen LogP contribution in [0.2, 0.25) is 0 Å². The Morgan fingerprint density at radius 3 is 2.00 bits per heavy atom. The van der Waals surface area contributed by atoms with Gasteiger partial charge >= 0.3 is 0 Å². The smallest absolute Gasteiger partial charge is 0.154 e. The van der Waals surface area contributed by atoms with Gasteiger partial charge < -0.3 is 14.3 Å². The second kappa shape index (κ2) is 13.4. The Balaban J connectivity index is 0. The van der Waals surface area contributed by atoms with Crippen molar-refractivity contribution >= 4 is 6.29 Å². The van der Waals surface area contributed by atoms with Crippen LogP contribution in [-0.4, -0.2) is 26.8 Å². The first-order valence-corrected chi connectivity index (χ1v) is 6.10. The number of ether oxygens (including phenoxy) is 2. The molecule has 0 aliphatic rings. The van der Waals surface area contributed by atoms with Crippen LogP contribution in [-0.2, 0) is 14.3 Å². The minimum atomic E-state index is -0.0648. The van der Waals surface area contributed by atoms with Gasteiger partial charge in [-0.1, -0.05) is 18.6 Å². The van der Waals surface area contributed by atoms with Gasteiger partial charge in [-0.05, 0) is 39.5 Å². The van der Waals surface area contributed by atoms with Gasteiger partial charge in [-0.2, -0.15) is 0 Å². The molecular formula is C14H28O3. The average molecular weight is 244 g/mol. The number of rotatable bonds is 7. The average Bonchev–Trinajstić information content (AvgIpc) is 2.28. The number of aldehydes is 1. The van der Waals surface area contributed by atoms with E-state index in [9.17, 15) is 4.79 Å². The van der Waals surface area contributed by atoms with Gasteiger partial charge in [0.15, 0.2) is 6.29 Å². The Bertz CT molecular complexity index is 192. The predicted molar refractivity (Wildman–Crippen MR) is 72.0 cm³/mol. The first kappa shape index (κ1) is 18.7. The SMILES string of the molecule is CC(C)=CCCC(C)CC=O.COC(C)OC. The standard InChI is InChI=1S/C10H18O.C4H10O2/c1-9(2)5-4-6-10(3)7-8-11;1-4(5-2)6-3/h5,8,10H,4,6-7H2,1-3H3;4H,1-3H3. The van der Waals surface area contributed by atoms with E-state index in [1.165, 1.54) is 5.57 Å². The molecule has 3 heteroatoms. The number of allylic oxidation sites excluding steroid dienone is 2. The van der Waals surface area contributed by atoms with Crippen LogP contribution < -0.4 is 0 Å². The zero-order valence-electron chi connectivity index (χ0n) is 12.2. The molecule has 1 atom stereocenters. The fourth-order valence-electron chi connectivity index (χ4n) is 1.03. The maximum Gasteiger partial charge on any atom is 0.154 e. The summed E-state index contributed by atoms with van der Waals surface area (Å²) in [6, 6.07) is 0. The van der Waals surface area contributed by atoms with E-state index in [4.69, 9.17) is 0 Å². The Hall–Kier alpha value is -0.670. The third-order valence-corrected chi connectivity index (χ3v) is 2.37. The zero-order chi connectivity index (χ0) is 13.7. The molecule has 0 spiro atoms. The Labute approximate surface area is 106 Å². The van der Waals surface area contributed by atoms with Gasteiger partial charge in [-0.15, -0.1) is 0 Å². The van der Waals surface area contributed by atoms with Gasteiger partial charge in [0, 0.05) is 20.6 Å². The van der Waals surface area contributed by atoms with Gasteiger partial charge in [0.05, 0.1) is 0 Å². The molecule has 0 rings (SSSR count). The van der Waals surface area contributed by atoms with Crippen molar-refractivity contribution in [2.75, 3.05) is 14.2 Å². The van der Waals surface area contributed by atoms with Crippen molar-refractivity contribution in [3.8, 4) is 0 Å². The molecule has 0 bridgehead atoms. The zero-order valence-corrected chi connectivity index (χ0v) is 12.2. The number of carbonyl (C=O) groups is 1. The molecule has 102 valence electrons. The molecule has 0 aromatic heterocycles. The number of hydrogen-bond acceptors (Lipinski definition) is 3. The van der Waals surface area contributed by atoms with E-state index in [1.54, 1.807) is 14.2 Å². The lowest BCUT2D eigenvalue weighted by molar-refractivity contribution is -0.108. The van der Waals surface area contributed by atoms with E-state index in [-0.39, 0.29) is 6.29 Å². The minimum absolute atomic E-state index is 0.0648. The van der Waals surface area contributed by atoms with Crippen LogP contribution in [0.15, 0.2) is 11.6 Å². The van der Waals surface area contributed by atoms with E-state index in [1.807, 2.05) is 6.92 Å². The molecule has 3 nitrogen and oxygen atoms in total. The van der Waals surface area contributed by atoms with Crippen LogP contribution in [0.4, 0.5) is 0 Å². The number of hydrogen-bond donors (Lipinski definition) is 0. The molecule has 0 aliphatic heterocycles. The highest BCUT2D eigenvalue weighted by atomic mass is 16.7. The van der Waals surface area contributed by atoms with Gasteiger partial charge in [0.2, 0.25) is 0 Å². The molecule has 0 aliphatic carbocycles. The van der Waals surface area contributed by atoms with Crippen LogP contribution in [0.1, 0.15) is 47.0 Å². The van der Waals surface area contributed by atoms with Crippen molar-refractivity contribution in [3.05, 3.63) is 11.6 Å². The van der Waals surface area contributed by atoms with E-state index in [0.29, 0.717) is 12.3 Å². The van der Waals surface area contributed by atoms with Crippen molar-refractivity contribution in [2.24, 2.45) is 5.92 Å². The quantitative estimate of drug-likeness (QED) is 0.390. The van der Waals surface area contributed by atoms with Crippen LogP contribution in [0.5, 0.6) is 0 Å². The summed E-state index contributed by atoms with van der Waals surface area (Å²) in [4.78, 5) is 10.1. The summed E-state index contributed by atoms with van der Waals surface area (Å²) in [7, 11) is 3.21. The summed E-state index contributed by atoms with van der Waals surface area (Å²) >= 11 is 0. The summed E-state index contributed by atoms with van der Waals surface area (Å²) in [6.45, 7) is 8.15. The van der Waals surface area contributed by atoms with Crippen molar-refractivity contribution in [1.29, 1.82) is 0 Å². The molecule has 0 aromatic rings. The molecular weight excluding hydrogens is 216 g/mol. The normalized spacial score (nSPS) is 11.5. The molecule has 0 aromatic carbocycles. The highest BCUT2D eigenvalue weighted by molar-refractivity contribution is 5.49. The summed E-state index contributed by atoms with van der Waals surface area (Å²) in [5, 5.41) is 0. The van der Waals surface area contributed by atoms with Crippen LogP contribution in [0.25, 0.3) is 0 Å². The largest absolute Gasteiger partial charge is 0.356 e. The van der Waals surface area contributed by atoms with Gasteiger partial charge in [0.25, 0.3) is 0 Å². The van der Waals surface area contributed by atoms with Crippen molar-refractivity contribution < 1.29 is 14.3 Å². The van der Waals surface area contributed by atoms with Crippen LogP contribution in [0, 0.1) is 5.92 Å². The first-order valence-electron chi connectivity index (χ1n) is 6.10. The molecule has 1 unspecified atom stereocenters. The van der Waals surface area contributed by atoms with E-state index in [0.717, 1.165) is 19.1 Å². The van der Waals surface area contributed by atoms with E-state index in [2.05, 4.69) is 36.3 Å². The minimum Gasteiger partial charge on any atom is -0.356 e. The summed E-state index contributed by atoms with van der Waals surface area (Å²) < 4.78 is 9.35. The van der Waals surface area contributed by atoms with E-state index < -0.39 is 0 Å². The monoisotopic (exact) mass is 244 g/mol. The van der Waals surface area contributed by atoms with Crippen molar-refractivity contribution in [1.82, 2.24) is 0 Å². The summed E-state index contributed by atoms with van der Waals surface area (Å²) in [5.74, 6) is 0.545. The Kier molecular flexibility index (Phi) is 14.7. The first-order chi connectivity index (χ1) is 7.97. The second-order valence-electron chi connectivity index (χ2n) is 4.41. The maximum atomic E-state index is 10.1. The number of methoxy groups -OCH3 is 2. The topological polar surface area (TPSA) is 35.5 Å². The van der Waals surface area contributed by atoms with Crippen molar-refractivity contribution in [3.63, 3.8) is 0 Å². The van der Waals surface area contributed by atoms with Crippen LogP contribution >= 0.6 is 0 Å².